The van der Waals surface area contributed by atoms with Crippen molar-refractivity contribution >= 4 is 22.6 Å². The molecule has 8 nitrogen and oxygen atoms in total. The number of rotatable bonds is 7. The molecule has 0 bridgehead atoms. The van der Waals surface area contributed by atoms with Crippen LogP contribution in [0.15, 0.2) is 41.2 Å². The Kier molecular flexibility index (Phi) is 5.93. The highest BCUT2D eigenvalue weighted by molar-refractivity contribution is 5.95. The highest BCUT2D eigenvalue weighted by Crippen LogP contribution is 2.32. The quantitative estimate of drug-likeness (QED) is 0.533. The number of carbonyl (C=O) groups excluding carboxylic acids is 2. The molecule has 2 heterocycles. The molecule has 2 aromatic carbocycles. The molecule has 2 saturated carbocycles. The van der Waals surface area contributed by atoms with Crippen LogP contribution in [-0.2, 0) is 11.2 Å². The molecular formula is C28H29FN4O4. The third kappa shape index (κ3) is 4.58. The van der Waals surface area contributed by atoms with Gasteiger partial charge >= 0.3 is 0 Å². The van der Waals surface area contributed by atoms with E-state index in [4.69, 9.17) is 4.74 Å². The van der Waals surface area contributed by atoms with Crippen LogP contribution in [0, 0.1) is 11.7 Å². The Morgan fingerprint density at radius 3 is 2.59 bits per heavy atom. The summed E-state index contributed by atoms with van der Waals surface area (Å²) in [4.78, 5) is 41.0. The first-order valence-corrected chi connectivity index (χ1v) is 12.9. The van der Waals surface area contributed by atoms with Crippen molar-refractivity contribution in [2.75, 3.05) is 20.1 Å². The number of amides is 2. The van der Waals surface area contributed by atoms with Crippen LogP contribution >= 0.6 is 0 Å². The van der Waals surface area contributed by atoms with Gasteiger partial charge in [0.05, 0.1) is 28.8 Å². The minimum absolute atomic E-state index is 0.00476. The van der Waals surface area contributed by atoms with Crippen molar-refractivity contribution in [3.05, 3.63) is 69.4 Å². The lowest BCUT2D eigenvalue weighted by Crippen LogP contribution is -2.61. The number of aromatic amines is 1. The highest BCUT2D eigenvalue weighted by atomic mass is 19.1. The monoisotopic (exact) mass is 504 g/mol. The Balaban J connectivity index is 1.20. The largest absolute Gasteiger partial charge is 0.490 e. The van der Waals surface area contributed by atoms with Crippen LogP contribution in [0.1, 0.15) is 53.7 Å². The fourth-order valence-corrected chi connectivity index (χ4v) is 4.96. The number of ether oxygens (including phenoxy) is 1. The van der Waals surface area contributed by atoms with Gasteiger partial charge in [-0.15, -0.1) is 0 Å². The first kappa shape index (κ1) is 23.6. The van der Waals surface area contributed by atoms with Crippen LogP contribution < -0.4 is 10.3 Å². The second-order valence-corrected chi connectivity index (χ2v) is 10.5. The van der Waals surface area contributed by atoms with Gasteiger partial charge in [0.25, 0.3) is 11.5 Å². The molecule has 3 aliphatic rings. The molecule has 2 amide bonds. The number of likely N-dealkylation sites (tertiary alicyclic amines) is 1. The number of H-pyrrole nitrogens is 1. The summed E-state index contributed by atoms with van der Waals surface area (Å²) in [5, 5.41) is 7.97. The maximum absolute atomic E-state index is 14.7. The third-order valence-corrected chi connectivity index (χ3v) is 7.80. The van der Waals surface area contributed by atoms with E-state index in [0.717, 1.165) is 32.1 Å². The summed E-state index contributed by atoms with van der Waals surface area (Å²) in [6, 6.07) is 9.80. The first-order valence-electron chi connectivity index (χ1n) is 12.9. The summed E-state index contributed by atoms with van der Waals surface area (Å²) < 4.78 is 20.7. The van der Waals surface area contributed by atoms with Gasteiger partial charge in [-0.25, -0.2) is 9.49 Å². The van der Waals surface area contributed by atoms with Gasteiger partial charge in [-0.05, 0) is 68.0 Å². The maximum atomic E-state index is 14.7. The lowest BCUT2D eigenvalue weighted by atomic mass is 9.96. The molecular weight excluding hydrogens is 475 g/mol. The average molecular weight is 505 g/mol. The number of nitrogens with one attached hydrogen (secondary N) is 1. The molecule has 1 N–H and O–H groups in total. The van der Waals surface area contributed by atoms with Gasteiger partial charge in [0.1, 0.15) is 11.6 Å². The van der Waals surface area contributed by atoms with Crippen molar-refractivity contribution in [2.24, 2.45) is 5.92 Å². The standard InChI is InChI=1S/C28H29FN4O4/c1-32(27(35)17-6-7-17)18-14-33(15-18)28(36)23-11-16(5-10-24(23)29)12-25-22-13-20(37-19-3-2-4-19)8-9-21(22)26(34)31-30-25/h5,8-11,13,17-19H,2-4,6-7,12,14-15H2,1H3,(H,31,34). The molecule has 192 valence electrons. The van der Waals surface area contributed by atoms with E-state index < -0.39 is 11.7 Å². The van der Waals surface area contributed by atoms with Crippen molar-refractivity contribution in [3.63, 3.8) is 0 Å². The molecule has 3 aromatic rings. The molecule has 1 aliphatic heterocycles. The number of fused-ring (bicyclic) bond motifs is 1. The third-order valence-electron chi connectivity index (χ3n) is 7.80. The van der Waals surface area contributed by atoms with Gasteiger partial charge in [-0.2, -0.15) is 5.10 Å². The van der Waals surface area contributed by atoms with E-state index in [2.05, 4.69) is 10.2 Å². The lowest BCUT2D eigenvalue weighted by molar-refractivity contribution is -0.135. The Hall–Kier alpha value is -3.75. The van der Waals surface area contributed by atoms with Crippen molar-refractivity contribution in [1.29, 1.82) is 0 Å². The van der Waals surface area contributed by atoms with Gasteiger partial charge < -0.3 is 14.5 Å². The van der Waals surface area contributed by atoms with Gasteiger partial charge in [0.15, 0.2) is 0 Å². The number of likely N-dealkylation sites (N-methyl/N-ethyl adjacent to an activating group) is 1. The summed E-state index contributed by atoms with van der Waals surface area (Å²) in [7, 11) is 1.78. The number of hydrogen-bond acceptors (Lipinski definition) is 5. The molecule has 6 rings (SSSR count). The molecule has 1 aromatic heterocycles. The van der Waals surface area contributed by atoms with E-state index in [1.807, 2.05) is 6.07 Å². The van der Waals surface area contributed by atoms with E-state index in [1.165, 1.54) is 6.07 Å². The molecule has 1 saturated heterocycles. The fraction of sp³-hybridized carbons (Fsp3) is 0.429. The minimum atomic E-state index is -0.588. The molecule has 9 heteroatoms. The Labute approximate surface area is 213 Å². The maximum Gasteiger partial charge on any atom is 0.272 e. The van der Waals surface area contributed by atoms with Crippen LogP contribution in [0.5, 0.6) is 5.75 Å². The average Bonchev–Trinajstić information content (AvgIpc) is 3.68. The summed E-state index contributed by atoms with van der Waals surface area (Å²) >= 11 is 0. The zero-order valence-electron chi connectivity index (χ0n) is 20.7. The van der Waals surface area contributed by atoms with E-state index in [1.54, 1.807) is 41.1 Å². The molecule has 37 heavy (non-hydrogen) atoms. The van der Waals surface area contributed by atoms with E-state index in [-0.39, 0.29) is 35.1 Å². The smallest absolute Gasteiger partial charge is 0.272 e. The number of nitrogens with zero attached hydrogens (tertiary/aromatic N) is 3. The molecule has 0 atom stereocenters. The highest BCUT2D eigenvalue weighted by Gasteiger charge is 2.40. The molecule has 0 spiro atoms. The Bertz CT molecular complexity index is 1440. The number of halogens is 1. The molecule has 0 radical (unpaired) electrons. The van der Waals surface area contributed by atoms with Gasteiger partial charge in [0, 0.05) is 37.9 Å². The normalized spacial score (nSPS) is 17.8. The SMILES string of the molecule is CN(C(=O)C1CC1)C1CN(C(=O)c2cc(Cc3n[nH]c(=O)c4ccc(OC5CCC5)cc34)ccc2F)C1. The predicted octanol–water partition coefficient (Wildman–Crippen LogP) is 3.28. The second kappa shape index (κ2) is 9.28. The van der Waals surface area contributed by atoms with E-state index >= 15 is 0 Å². The molecule has 3 fully saturated rings. The number of hydrogen-bond donors (Lipinski definition) is 1. The Morgan fingerprint density at radius 1 is 1.11 bits per heavy atom. The second-order valence-electron chi connectivity index (χ2n) is 10.5. The van der Waals surface area contributed by atoms with Crippen molar-refractivity contribution in [2.45, 2.75) is 50.7 Å². The number of carbonyl (C=O) groups is 2. The zero-order valence-corrected chi connectivity index (χ0v) is 20.7. The van der Waals surface area contributed by atoms with Crippen LogP contribution in [0.2, 0.25) is 0 Å². The number of benzene rings is 2. The zero-order chi connectivity index (χ0) is 25.7. The summed E-state index contributed by atoms with van der Waals surface area (Å²) in [6.07, 6.45) is 5.58. The van der Waals surface area contributed by atoms with Crippen LogP contribution in [0.25, 0.3) is 10.8 Å². The van der Waals surface area contributed by atoms with Gasteiger partial charge in [-0.1, -0.05) is 6.07 Å². The summed E-state index contributed by atoms with van der Waals surface area (Å²) in [5.41, 5.74) is 1.02. The summed E-state index contributed by atoms with van der Waals surface area (Å²) in [6.45, 7) is 0.792. The predicted molar refractivity (Wildman–Crippen MR) is 135 cm³/mol. The van der Waals surface area contributed by atoms with E-state index in [0.29, 0.717) is 47.3 Å². The first-order chi connectivity index (χ1) is 17.9. The van der Waals surface area contributed by atoms with Crippen molar-refractivity contribution < 1.29 is 18.7 Å². The minimum Gasteiger partial charge on any atom is -0.490 e. The molecule has 2 aliphatic carbocycles. The Morgan fingerprint density at radius 2 is 1.89 bits per heavy atom. The molecule has 0 unspecified atom stereocenters. The summed E-state index contributed by atoms with van der Waals surface area (Å²) in [5.74, 6) is -0.0267. The van der Waals surface area contributed by atoms with Gasteiger partial charge in [0.2, 0.25) is 5.91 Å². The fourth-order valence-electron chi connectivity index (χ4n) is 4.96. The van der Waals surface area contributed by atoms with Gasteiger partial charge in [-0.3, -0.25) is 14.4 Å². The van der Waals surface area contributed by atoms with Crippen molar-refractivity contribution in [3.8, 4) is 5.75 Å². The number of aromatic nitrogens is 2. The van der Waals surface area contributed by atoms with Crippen LogP contribution in [0.3, 0.4) is 0 Å². The van der Waals surface area contributed by atoms with E-state index in [9.17, 15) is 18.8 Å². The lowest BCUT2D eigenvalue weighted by Gasteiger charge is -2.44. The van der Waals surface area contributed by atoms with Crippen molar-refractivity contribution in [1.82, 2.24) is 20.0 Å². The topological polar surface area (TPSA) is 95.6 Å². The van der Waals surface area contributed by atoms with Crippen LogP contribution in [0.4, 0.5) is 4.39 Å². The van der Waals surface area contributed by atoms with Crippen LogP contribution in [-0.4, -0.2) is 64.1 Å².